The standard InChI is InChI=1S/C14H13NO2/c1-2-17-14(16)13-6-4-3-5-12(13)11-7-9-15-10-8-11/h3-10H,2H2,1H3. The fraction of sp³-hybridized carbons (Fsp3) is 0.143. The lowest BCUT2D eigenvalue weighted by Gasteiger charge is -2.08. The molecule has 86 valence electrons. The van der Waals surface area contributed by atoms with Crippen molar-refractivity contribution in [3.8, 4) is 11.1 Å². The van der Waals surface area contributed by atoms with Crippen LogP contribution >= 0.6 is 0 Å². The average Bonchev–Trinajstić information content (AvgIpc) is 2.40. The number of pyridine rings is 1. The van der Waals surface area contributed by atoms with Crippen LogP contribution in [0.15, 0.2) is 48.8 Å². The molecule has 0 aliphatic heterocycles. The van der Waals surface area contributed by atoms with E-state index in [2.05, 4.69) is 4.98 Å². The first-order valence-corrected chi connectivity index (χ1v) is 5.49. The van der Waals surface area contributed by atoms with E-state index in [4.69, 9.17) is 4.74 Å². The zero-order valence-electron chi connectivity index (χ0n) is 9.59. The molecule has 2 rings (SSSR count). The van der Waals surface area contributed by atoms with E-state index in [1.165, 1.54) is 0 Å². The number of nitrogens with zero attached hydrogens (tertiary/aromatic N) is 1. The molecular weight excluding hydrogens is 214 g/mol. The molecule has 0 atom stereocenters. The number of carbonyl (C=O) groups is 1. The summed E-state index contributed by atoms with van der Waals surface area (Å²) in [6.07, 6.45) is 3.41. The SMILES string of the molecule is CCOC(=O)c1ccccc1-c1ccncc1. The number of aromatic nitrogens is 1. The Balaban J connectivity index is 2.45. The number of esters is 1. The molecule has 0 saturated carbocycles. The van der Waals surface area contributed by atoms with E-state index in [-0.39, 0.29) is 5.97 Å². The van der Waals surface area contributed by atoms with Crippen LogP contribution in [-0.2, 0) is 4.74 Å². The highest BCUT2D eigenvalue weighted by Crippen LogP contribution is 2.23. The maximum Gasteiger partial charge on any atom is 0.338 e. The van der Waals surface area contributed by atoms with Crippen molar-refractivity contribution in [1.29, 1.82) is 0 Å². The third-order valence-electron chi connectivity index (χ3n) is 2.41. The van der Waals surface area contributed by atoms with Crippen molar-refractivity contribution < 1.29 is 9.53 Å². The van der Waals surface area contributed by atoms with E-state index in [0.717, 1.165) is 11.1 Å². The predicted molar refractivity (Wildman–Crippen MR) is 65.6 cm³/mol. The highest BCUT2D eigenvalue weighted by atomic mass is 16.5. The van der Waals surface area contributed by atoms with E-state index in [1.54, 1.807) is 25.4 Å². The zero-order chi connectivity index (χ0) is 12.1. The zero-order valence-corrected chi connectivity index (χ0v) is 9.59. The normalized spacial score (nSPS) is 9.94. The van der Waals surface area contributed by atoms with Gasteiger partial charge in [0.25, 0.3) is 0 Å². The molecule has 0 N–H and O–H groups in total. The van der Waals surface area contributed by atoms with E-state index >= 15 is 0 Å². The molecule has 0 bridgehead atoms. The fourth-order valence-electron chi connectivity index (χ4n) is 1.65. The van der Waals surface area contributed by atoms with Gasteiger partial charge in [-0.25, -0.2) is 4.79 Å². The van der Waals surface area contributed by atoms with Crippen LogP contribution in [0.2, 0.25) is 0 Å². The third kappa shape index (κ3) is 2.50. The molecule has 1 heterocycles. The summed E-state index contributed by atoms with van der Waals surface area (Å²) < 4.78 is 5.04. The van der Waals surface area contributed by atoms with Gasteiger partial charge in [-0.15, -0.1) is 0 Å². The lowest BCUT2D eigenvalue weighted by Crippen LogP contribution is -2.06. The van der Waals surface area contributed by atoms with Gasteiger partial charge < -0.3 is 4.74 Å². The average molecular weight is 227 g/mol. The van der Waals surface area contributed by atoms with Crippen molar-refractivity contribution in [3.05, 3.63) is 54.4 Å². The topological polar surface area (TPSA) is 39.2 Å². The summed E-state index contributed by atoms with van der Waals surface area (Å²) in [7, 11) is 0. The Morgan fingerprint density at radius 1 is 1.18 bits per heavy atom. The van der Waals surface area contributed by atoms with Gasteiger partial charge in [-0.2, -0.15) is 0 Å². The maximum absolute atomic E-state index is 11.8. The number of benzene rings is 1. The molecule has 0 amide bonds. The van der Waals surface area contributed by atoms with Gasteiger partial charge in [0.05, 0.1) is 12.2 Å². The first kappa shape index (κ1) is 11.3. The molecule has 2 aromatic rings. The molecule has 0 aliphatic rings. The molecule has 1 aromatic heterocycles. The van der Waals surface area contributed by atoms with Crippen LogP contribution in [0.1, 0.15) is 17.3 Å². The second-order valence-corrected chi connectivity index (χ2v) is 3.50. The molecule has 0 fully saturated rings. The summed E-state index contributed by atoms with van der Waals surface area (Å²) in [6.45, 7) is 2.18. The lowest BCUT2D eigenvalue weighted by atomic mass is 10.0. The number of ether oxygens (including phenoxy) is 1. The van der Waals surface area contributed by atoms with Crippen molar-refractivity contribution in [2.75, 3.05) is 6.61 Å². The predicted octanol–water partition coefficient (Wildman–Crippen LogP) is 2.93. The van der Waals surface area contributed by atoms with Gasteiger partial charge in [-0.3, -0.25) is 4.98 Å². The Kier molecular flexibility index (Phi) is 3.50. The minimum atomic E-state index is -0.292. The Bertz CT molecular complexity index is 509. The van der Waals surface area contributed by atoms with Gasteiger partial charge in [-0.1, -0.05) is 18.2 Å². The molecule has 3 nitrogen and oxygen atoms in total. The first-order valence-electron chi connectivity index (χ1n) is 5.49. The number of rotatable bonds is 3. The molecule has 0 spiro atoms. The van der Waals surface area contributed by atoms with E-state index in [0.29, 0.717) is 12.2 Å². The Morgan fingerprint density at radius 3 is 2.59 bits per heavy atom. The van der Waals surface area contributed by atoms with Gasteiger partial charge in [-0.05, 0) is 36.2 Å². The molecular formula is C14H13NO2. The second-order valence-electron chi connectivity index (χ2n) is 3.50. The summed E-state index contributed by atoms with van der Waals surface area (Å²) in [4.78, 5) is 15.8. The molecule has 0 radical (unpaired) electrons. The van der Waals surface area contributed by atoms with Crippen LogP contribution in [0, 0.1) is 0 Å². The fourth-order valence-corrected chi connectivity index (χ4v) is 1.65. The largest absolute Gasteiger partial charge is 0.462 e. The van der Waals surface area contributed by atoms with Crippen molar-refractivity contribution >= 4 is 5.97 Å². The van der Waals surface area contributed by atoms with Crippen LogP contribution < -0.4 is 0 Å². The highest BCUT2D eigenvalue weighted by Gasteiger charge is 2.12. The quantitative estimate of drug-likeness (QED) is 0.757. The van der Waals surface area contributed by atoms with Gasteiger partial charge in [0, 0.05) is 12.4 Å². The monoisotopic (exact) mass is 227 g/mol. The first-order chi connectivity index (χ1) is 8.33. The van der Waals surface area contributed by atoms with Crippen LogP contribution in [0.3, 0.4) is 0 Å². The summed E-state index contributed by atoms with van der Waals surface area (Å²) in [5.74, 6) is -0.292. The van der Waals surface area contributed by atoms with Crippen molar-refractivity contribution in [1.82, 2.24) is 4.98 Å². The van der Waals surface area contributed by atoms with Crippen molar-refractivity contribution in [3.63, 3.8) is 0 Å². The summed E-state index contributed by atoms with van der Waals surface area (Å²) in [5.41, 5.74) is 2.41. The number of carbonyl (C=O) groups excluding carboxylic acids is 1. The molecule has 3 heteroatoms. The van der Waals surface area contributed by atoms with Crippen LogP contribution in [0.5, 0.6) is 0 Å². The lowest BCUT2D eigenvalue weighted by molar-refractivity contribution is 0.0527. The van der Waals surface area contributed by atoms with E-state index < -0.39 is 0 Å². The van der Waals surface area contributed by atoms with Gasteiger partial charge in [0.15, 0.2) is 0 Å². The molecule has 0 unspecified atom stereocenters. The third-order valence-corrected chi connectivity index (χ3v) is 2.41. The number of hydrogen-bond donors (Lipinski definition) is 0. The minimum Gasteiger partial charge on any atom is -0.462 e. The highest BCUT2D eigenvalue weighted by molar-refractivity contribution is 5.97. The van der Waals surface area contributed by atoms with Crippen LogP contribution in [0.4, 0.5) is 0 Å². The molecule has 0 saturated heterocycles. The second kappa shape index (κ2) is 5.25. The summed E-state index contributed by atoms with van der Waals surface area (Å²) in [5, 5.41) is 0. The van der Waals surface area contributed by atoms with Crippen LogP contribution in [0.25, 0.3) is 11.1 Å². The molecule has 17 heavy (non-hydrogen) atoms. The number of hydrogen-bond acceptors (Lipinski definition) is 3. The summed E-state index contributed by atoms with van der Waals surface area (Å²) >= 11 is 0. The Hall–Kier alpha value is -2.16. The smallest absolute Gasteiger partial charge is 0.338 e. The van der Waals surface area contributed by atoms with Gasteiger partial charge in [0.2, 0.25) is 0 Å². The van der Waals surface area contributed by atoms with E-state index in [9.17, 15) is 4.79 Å². The van der Waals surface area contributed by atoms with Crippen molar-refractivity contribution in [2.24, 2.45) is 0 Å². The van der Waals surface area contributed by atoms with Gasteiger partial charge in [0.1, 0.15) is 0 Å². The minimum absolute atomic E-state index is 0.292. The Labute approximate surface area is 100 Å². The van der Waals surface area contributed by atoms with E-state index in [1.807, 2.05) is 30.3 Å². The summed E-state index contributed by atoms with van der Waals surface area (Å²) in [6, 6.07) is 11.2. The Morgan fingerprint density at radius 2 is 1.88 bits per heavy atom. The van der Waals surface area contributed by atoms with Gasteiger partial charge >= 0.3 is 5.97 Å². The van der Waals surface area contributed by atoms with Crippen LogP contribution in [-0.4, -0.2) is 17.6 Å². The van der Waals surface area contributed by atoms with Crippen molar-refractivity contribution in [2.45, 2.75) is 6.92 Å². The molecule has 0 aliphatic carbocycles. The molecule has 1 aromatic carbocycles. The maximum atomic E-state index is 11.8.